The van der Waals surface area contributed by atoms with Crippen molar-refractivity contribution >= 4 is 11.8 Å². The summed E-state index contributed by atoms with van der Waals surface area (Å²) in [7, 11) is 0. The van der Waals surface area contributed by atoms with E-state index in [2.05, 4.69) is 40.5 Å². The zero-order valence-electron chi connectivity index (χ0n) is 9.18. The number of hydrogen-bond donors (Lipinski definition) is 2. The number of hydrogen-bond acceptors (Lipinski definition) is 3. The lowest BCUT2D eigenvalue weighted by molar-refractivity contribution is 0.764. The van der Waals surface area contributed by atoms with Gasteiger partial charge < -0.3 is 10.7 Å². The molecule has 0 aliphatic heterocycles. The summed E-state index contributed by atoms with van der Waals surface area (Å²) in [5.41, 5.74) is 7.01. The fraction of sp³-hybridized carbons (Fsp3) is 0.250. The third-order valence-corrected chi connectivity index (χ3v) is 3.35. The summed E-state index contributed by atoms with van der Waals surface area (Å²) in [4.78, 5) is 8.65. The highest BCUT2D eigenvalue weighted by atomic mass is 32.2. The van der Waals surface area contributed by atoms with Crippen LogP contribution in [0.4, 0.5) is 0 Å². The molecule has 1 aromatic carbocycles. The van der Waals surface area contributed by atoms with Gasteiger partial charge in [-0.2, -0.15) is 0 Å². The van der Waals surface area contributed by atoms with E-state index in [0.717, 1.165) is 5.82 Å². The van der Waals surface area contributed by atoms with Crippen LogP contribution in [-0.4, -0.2) is 22.8 Å². The van der Waals surface area contributed by atoms with Gasteiger partial charge in [-0.15, -0.1) is 11.8 Å². The Morgan fingerprint density at radius 2 is 2.12 bits per heavy atom. The summed E-state index contributed by atoms with van der Waals surface area (Å²) < 4.78 is 0. The molecule has 4 heteroatoms. The highest BCUT2D eigenvalue weighted by molar-refractivity contribution is 7.98. The summed E-state index contributed by atoms with van der Waals surface area (Å²) in [5, 5.41) is 0. The van der Waals surface area contributed by atoms with E-state index in [9.17, 15) is 0 Å². The maximum Gasteiger partial charge on any atom is 0.114 e. The number of nitrogens with zero attached hydrogens (tertiary/aromatic N) is 1. The summed E-state index contributed by atoms with van der Waals surface area (Å²) in [6.45, 7) is 0.562. The van der Waals surface area contributed by atoms with E-state index in [1.54, 1.807) is 18.0 Å². The van der Waals surface area contributed by atoms with Crippen LogP contribution in [0.3, 0.4) is 0 Å². The van der Waals surface area contributed by atoms with Gasteiger partial charge in [0.25, 0.3) is 0 Å². The number of aromatic nitrogens is 2. The molecule has 0 aliphatic rings. The van der Waals surface area contributed by atoms with Gasteiger partial charge >= 0.3 is 0 Å². The minimum absolute atomic E-state index is 0.158. The Balaban J connectivity index is 2.27. The first-order valence-corrected chi connectivity index (χ1v) is 6.41. The normalized spacial score (nSPS) is 12.6. The molecule has 2 rings (SSSR count). The maximum absolute atomic E-state index is 5.80. The largest absolute Gasteiger partial charge is 0.348 e. The molecule has 0 bridgehead atoms. The molecule has 0 spiro atoms. The lowest BCUT2D eigenvalue weighted by Gasteiger charge is -2.12. The van der Waals surface area contributed by atoms with Crippen LogP contribution in [0.25, 0.3) is 0 Å². The predicted octanol–water partition coefficient (Wildman–Crippen LogP) is 2.22. The summed E-state index contributed by atoms with van der Waals surface area (Å²) in [5.74, 6) is 1.09. The van der Waals surface area contributed by atoms with Gasteiger partial charge in [-0.3, -0.25) is 0 Å². The molecular weight excluding hydrogens is 218 g/mol. The van der Waals surface area contributed by atoms with Crippen molar-refractivity contribution in [2.24, 2.45) is 5.73 Å². The molecule has 16 heavy (non-hydrogen) atoms. The van der Waals surface area contributed by atoms with Crippen molar-refractivity contribution in [3.8, 4) is 0 Å². The molecule has 0 saturated heterocycles. The molecule has 1 unspecified atom stereocenters. The minimum atomic E-state index is 0.158. The van der Waals surface area contributed by atoms with Crippen LogP contribution in [0.1, 0.15) is 17.3 Å². The SMILES string of the molecule is CSc1ccc(C(CN)c2ncc[nH]2)cc1. The second-order valence-corrected chi connectivity index (χ2v) is 4.42. The molecule has 3 N–H and O–H groups in total. The Morgan fingerprint density at radius 1 is 1.38 bits per heavy atom. The number of thioether (sulfide) groups is 1. The number of nitrogens with one attached hydrogen (secondary N) is 1. The van der Waals surface area contributed by atoms with Crippen LogP contribution in [-0.2, 0) is 0 Å². The van der Waals surface area contributed by atoms with Crippen LogP contribution in [0.2, 0.25) is 0 Å². The fourth-order valence-electron chi connectivity index (χ4n) is 1.71. The first-order valence-electron chi connectivity index (χ1n) is 5.18. The molecule has 3 nitrogen and oxygen atoms in total. The average molecular weight is 233 g/mol. The van der Waals surface area contributed by atoms with Gasteiger partial charge in [0.1, 0.15) is 5.82 Å². The van der Waals surface area contributed by atoms with Gasteiger partial charge in [0, 0.05) is 23.8 Å². The van der Waals surface area contributed by atoms with Gasteiger partial charge in [0.05, 0.1) is 5.92 Å². The first-order chi connectivity index (χ1) is 7.85. The van der Waals surface area contributed by atoms with Crippen LogP contribution in [0.15, 0.2) is 41.6 Å². The molecule has 0 amide bonds. The van der Waals surface area contributed by atoms with Crippen molar-refractivity contribution < 1.29 is 0 Å². The van der Waals surface area contributed by atoms with E-state index in [0.29, 0.717) is 6.54 Å². The zero-order chi connectivity index (χ0) is 11.4. The monoisotopic (exact) mass is 233 g/mol. The predicted molar refractivity (Wildman–Crippen MR) is 67.7 cm³/mol. The van der Waals surface area contributed by atoms with Crippen molar-refractivity contribution in [3.05, 3.63) is 48.0 Å². The number of aromatic amines is 1. The highest BCUT2D eigenvalue weighted by Gasteiger charge is 2.14. The van der Waals surface area contributed by atoms with E-state index in [1.807, 2.05) is 6.20 Å². The number of benzene rings is 1. The molecule has 1 heterocycles. The van der Waals surface area contributed by atoms with E-state index in [4.69, 9.17) is 5.73 Å². The van der Waals surface area contributed by atoms with Gasteiger partial charge in [0.2, 0.25) is 0 Å². The minimum Gasteiger partial charge on any atom is -0.348 e. The molecule has 0 saturated carbocycles. The number of rotatable bonds is 4. The molecule has 0 radical (unpaired) electrons. The molecule has 2 aromatic rings. The smallest absolute Gasteiger partial charge is 0.114 e. The molecule has 0 aliphatic carbocycles. The van der Waals surface area contributed by atoms with Crippen molar-refractivity contribution in [3.63, 3.8) is 0 Å². The molecule has 1 aromatic heterocycles. The summed E-state index contributed by atoms with van der Waals surface area (Å²) in [6.07, 6.45) is 5.66. The first kappa shape index (κ1) is 11.2. The van der Waals surface area contributed by atoms with Crippen LogP contribution in [0.5, 0.6) is 0 Å². The number of H-pyrrole nitrogens is 1. The summed E-state index contributed by atoms with van der Waals surface area (Å²) >= 11 is 1.74. The Morgan fingerprint density at radius 3 is 2.62 bits per heavy atom. The lowest BCUT2D eigenvalue weighted by Crippen LogP contribution is -2.15. The topological polar surface area (TPSA) is 54.7 Å². The Labute approximate surface area is 99.5 Å². The van der Waals surface area contributed by atoms with E-state index >= 15 is 0 Å². The maximum atomic E-state index is 5.80. The standard InChI is InChI=1S/C12H15N3S/c1-16-10-4-2-9(3-5-10)11(8-13)12-14-6-7-15-12/h2-7,11H,8,13H2,1H3,(H,14,15). The van der Waals surface area contributed by atoms with Crippen molar-refractivity contribution in [1.29, 1.82) is 0 Å². The van der Waals surface area contributed by atoms with Gasteiger partial charge in [-0.25, -0.2) is 4.98 Å². The lowest BCUT2D eigenvalue weighted by atomic mass is 9.99. The molecule has 84 valence electrons. The third-order valence-electron chi connectivity index (χ3n) is 2.60. The summed E-state index contributed by atoms with van der Waals surface area (Å²) in [6, 6.07) is 8.47. The van der Waals surface area contributed by atoms with E-state index < -0.39 is 0 Å². The molecule has 1 atom stereocenters. The van der Waals surface area contributed by atoms with E-state index in [-0.39, 0.29) is 5.92 Å². The Hall–Kier alpha value is -1.26. The second-order valence-electron chi connectivity index (χ2n) is 3.54. The Bertz CT molecular complexity index is 422. The van der Waals surface area contributed by atoms with Crippen LogP contribution in [0, 0.1) is 0 Å². The van der Waals surface area contributed by atoms with Crippen LogP contribution >= 0.6 is 11.8 Å². The fourth-order valence-corrected chi connectivity index (χ4v) is 2.12. The van der Waals surface area contributed by atoms with E-state index in [1.165, 1.54) is 10.5 Å². The van der Waals surface area contributed by atoms with Crippen molar-refractivity contribution in [2.75, 3.05) is 12.8 Å². The number of nitrogens with two attached hydrogens (primary N) is 1. The molecular formula is C12H15N3S. The van der Waals surface area contributed by atoms with Gasteiger partial charge in [-0.05, 0) is 24.0 Å². The highest BCUT2D eigenvalue weighted by Crippen LogP contribution is 2.23. The molecule has 0 fully saturated rings. The average Bonchev–Trinajstić information content (AvgIpc) is 2.85. The second kappa shape index (κ2) is 5.18. The third kappa shape index (κ3) is 2.28. The van der Waals surface area contributed by atoms with Crippen LogP contribution < -0.4 is 5.73 Å². The van der Waals surface area contributed by atoms with Crippen molar-refractivity contribution in [2.45, 2.75) is 10.8 Å². The quantitative estimate of drug-likeness (QED) is 0.796. The van der Waals surface area contributed by atoms with Gasteiger partial charge in [0.15, 0.2) is 0 Å². The zero-order valence-corrected chi connectivity index (χ0v) is 10.00. The van der Waals surface area contributed by atoms with Crippen molar-refractivity contribution in [1.82, 2.24) is 9.97 Å². The Kier molecular flexibility index (Phi) is 3.64. The number of imidazole rings is 1. The van der Waals surface area contributed by atoms with Gasteiger partial charge in [-0.1, -0.05) is 12.1 Å².